The molecule has 1 nitrogen and oxygen atoms in total. The van der Waals surface area contributed by atoms with Gasteiger partial charge in [0.25, 0.3) is 0 Å². The van der Waals surface area contributed by atoms with Crippen LogP contribution >= 0.6 is 0 Å². The van der Waals surface area contributed by atoms with Crippen molar-refractivity contribution in [3.63, 3.8) is 0 Å². The molecule has 0 spiro atoms. The lowest BCUT2D eigenvalue weighted by Gasteiger charge is -2.34. The smallest absolute Gasteiger partial charge is 0.0576 e. The first-order valence-electron chi connectivity index (χ1n) is 5.44. The number of nitrogens with one attached hydrogen (secondary N) is 1. The summed E-state index contributed by atoms with van der Waals surface area (Å²) in [5.41, 5.74) is 0. The van der Waals surface area contributed by atoms with Crippen molar-refractivity contribution in [1.29, 1.82) is 0 Å². The maximum Gasteiger partial charge on any atom is 0.0576 e. The maximum absolute atomic E-state index is 5.25. The Bertz CT molecular complexity index is 180. The molecule has 74 valence electrons. The summed E-state index contributed by atoms with van der Waals surface area (Å²) in [5.74, 6) is 4.42. The number of hydrogen-bond acceptors (Lipinski definition) is 1. The Hall–Kier alpha value is -0.480. The predicted molar refractivity (Wildman–Crippen MR) is 57.4 cm³/mol. The topological polar surface area (TPSA) is 12.0 Å². The van der Waals surface area contributed by atoms with Gasteiger partial charge >= 0.3 is 0 Å². The van der Waals surface area contributed by atoms with Crippen LogP contribution in [0.3, 0.4) is 0 Å². The van der Waals surface area contributed by atoms with Crippen molar-refractivity contribution in [2.24, 2.45) is 11.8 Å². The second kappa shape index (κ2) is 5.29. The fourth-order valence-electron chi connectivity index (χ4n) is 2.41. The monoisotopic (exact) mass is 179 g/mol. The molecule has 3 atom stereocenters. The Morgan fingerprint density at radius 1 is 1.46 bits per heavy atom. The summed E-state index contributed by atoms with van der Waals surface area (Å²) in [7, 11) is 0. The molecular formula is C12H21N. The third-order valence-corrected chi connectivity index (χ3v) is 3.24. The Morgan fingerprint density at radius 3 is 2.85 bits per heavy atom. The summed E-state index contributed by atoms with van der Waals surface area (Å²) >= 11 is 0. The van der Waals surface area contributed by atoms with E-state index in [1.54, 1.807) is 0 Å². The fraction of sp³-hybridized carbons (Fsp3) is 0.833. The summed E-state index contributed by atoms with van der Waals surface area (Å²) < 4.78 is 0. The molecule has 0 aromatic heterocycles. The highest BCUT2D eigenvalue weighted by Crippen LogP contribution is 2.30. The molecule has 0 amide bonds. The average molecular weight is 179 g/mol. The van der Waals surface area contributed by atoms with Gasteiger partial charge in [0.1, 0.15) is 0 Å². The lowest BCUT2D eigenvalue weighted by atomic mass is 9.77. The van der Waals surface area contributed by atoms with Crippen LogP contribution in [0.4, 0.5) is 0 Å². The molecule has 1 aliphatic carbocycles. The van der Waals surface area contributed by atoms with Crippen LogP contribution in [0.1, 0.15) is 39.5 Å². The third kappa shape index (κ3) is 3.04. The quantitative estimate of drug-likeness (QED) is 0.656. The lowest BCUT2D eigenvalue weighted by Crippen LogP contribution is -2.40. The molecule has 1 N–H and O–H groups in total. The van der Waals surface area contributed by atoms with E-state index in [9.17, 15) is 0 Å². The van der Waals surface area contributed by atoms with Gasteiger partial charge in [0, 0.05) is 6.04 Å². The molecule has 1 rings (SSSR count). The van der Waals surface area contributed by atoms with Crippen molar-refractivity contribution in [2.75, 3.05) is 6.54 Å². The zero-order valence-electron chi connectivity index (χ0n) is 8.84. The van der Waals surface area contributed by atoms with Crippen LogP contribution in [0, 0.1) is 24.2 Å². The zero-order chi connectivity index (χ0) is 9.68. The summed E-state index contributed by atoms with van der Waals surface area (Å²) in [5, 5.41) is 3.46. The van der Waals surface area contributed by atoms with Gasteiger partial charge in [0.2, 0.25) is 0 Å². The van der Waals surface area contributed by atoms with Gasteiger partial charge in [-0.3, -0.25) is 0 Å². The van der Waals surface area contributed by atoms with E-state index < -0.39 is 0 Å². The molecule has 0 radical (unpaired) electrons. The van der Waals surface area contributed by atoms with Gasteiger partial charge in [-0.1, -0.05) is 26.2 Å². The van der Waals surface area contributed by atoms with E-state index in [2.05, 4.69) is 25.1 Å². The van der Waals surface area contributed by atoms with E-state index in [1.165, 1.54) is 25.7 Å². The third-order valence-electron chi connectivity index (χ3n) is 3.24. The van der Waals surface area contributed by atoms with Crippen molar-refractivity contribution in [2.45, 2.75) is 45.6 Å². The van der Waals surface area contributed by atoms with Crippen molar-refractivity contribution in [3.8, 4) is 12.3 Å². The molecule has 0 aliphatic heterocycles. The standard InChI is InChI=1S/C12H21N/c1-4-8-13-12-7-6-10(3)9-11(12)5-2/h1,10-13H,5-9H2,2-3H3. The molecule has 0 aromatic carbocycles. The van der Waals surface area contributed by atoms with Gasteiger partial charge in [0.15, 0.2) is 0 Å². The van der Waals surface area contributed by atoms with E-state index in [1.807, 2.05) is 0 Å². The molecule has 13 heavy (non-hydrogen) atoms. The minimum absolute atomic E-state index is 0.678. The van der Waals surface area contributed by atoms with Crippen LogP contribution in [0.2, 0.25) is 0 Å². The first-order valence-corrected chi connectivity index (χ1v) is 5.44. The van der Waals surface area contributed by atoms with Crippen LogP contribution in [-0.2, 0) is 0 Å². The first kappa shape index (κ1) is 10.6. The lowest BCUT2D eigenvalue weighted by molar-refractivity contribution is 0.212. The summed E-state index contributed by atoms with van der Waals surface area (Å²) in [4.78, 5) is 0. The van der Waals surface area contributed by atoms with E-state index >= 15 is 0 Å². The molecular weight excluding hydrogens is 158 g/mol. The molecule has 0 bridgehead atoms. The van der Waals surface area contributed by atoms with Crippen molar-refractivity contribution < 1.29 is 0 Å². The van der Waals surface area contributed by atoms with Crippen LogP contribution < -0.4 is 5.32 Å². The van der Waals surface area contributed by atoms with E-state index in [0.717, 1.165) is 18.4 Å². The molecule has 3 unspecified atom stereocenters. The van der Waals surface area contributed by atoms with Crippen molar-refractivity contribution >= 4 is 0 Å². The second-order valence-electron chi connectivity index (χ2n) is 4.28. The Balaban J connectivity index is 2.39. The summed E-state index contributed by atoms with van der Waals surface area (Å²) in [6, 6.07) is 0.678. The minimum Gasteiger partial charge on any atom is -0.303 e. The van der Waals surface area contributed by atoms with Gasteiger partial charge in [-0.2, -0.15) is 0 Å². The fourth-order valence-corrected chi connectivity index (χ4v) is 2.41. The molecule has 0 aromatic rings. The highest BCUT2D eigenvalue weighted by molar-refractivity contribution is 4.91. The Labute approximate surface area is 82.3 Å². The van der Waals surface area contributed by atoms with Crippen molar-refractivity contribution in [3.05, 3.63) is 0 Å². The maximum atomic E-state index is 5.25. The SMILES string of the molecule is C#CCNC1CCC(C)CC1CC. The van der Waals surface area contributed by atoms with Gasteiger partial charge in [0.05, 0.1) is 6.54 Å². The first-order chi connectivity index (χ1) is 6.27. The Kier molecular flexibility index (Phi) is 4.32. The predicted octanol–water partition coefficient (Wildman–Crippen LogP) is 2.42. The van der Waals surface area contributed by atoms with Gasteiger partial charge < -0.3 is 5.32 Å². The van der Waals surface area contributed by atoms with Gasteiger partial charge in [-0.15, -0.1) is 6.42 Å². The van der Waals surface area contributed by atoms with Crippen LogP contribution in [0.5, 0.6) is 0 Å². The molecule has 1 saturated carbocycles. The van der Waals surface area contributed by atoms with E-state index in [4.69, 9.17) is 6.42 Å². The number of rotatable bonds is 3. The Morgan fingerprint density at radius 2 is 2.23 bits per heavy atom. The highest BCUT2D eigenvalue weighted by atomic mass is 14.9. The van der Waals surface area contributed by atoms with Crippen LogP contribution in [0.15, 0.2) is 0 Å². The second-order valence-corrected chi connectivity index (χ2v) is 4.28. The summed E-state index contributed by atoms with van der Waals surface area (Å²) in [6.07, 6.45) is 10.6. The van der Waals surface area contributed by atoms with Crippen molar-refractivity contribution in [1.82, 2.24) is 5.32 Å². The number of terminal acetylenes is 1. The zero-order valence-corrected chi connectivity index (χ0v) is 8.84. The van der Waals surface area contributed by atoms with Gasteiger partial charge in [-0.05, 0) is 31.1 Å². The van der Waals surface area contributed by atoms with Crippen LogP contribution in [0.25, 0.3) is 0 Å². The minimum atomic E-state index is 0.678. The average Bonchev–Trinajstić information content (AvgIpc) is 2.16. The summed E-state index contributed by atoms with van der Waals surface area (Å²) in [6.45, 7) is 5.38. The van der Waals surface area contributed by atoms with E-state index in [0.29, 0.717) is 6.04 Å². The van der Waals surface area contributed by atoms with Crippen LogP contribution in [-0.4, -0.2) is 12.6 Å². The molecule has 0 saturated heterocycles. The van der Waals surface area contributed by atoms with E-state index in [-0.39, 0.29) is 0 Å². The number of hydrogen-bond donors (Lipinski definition) is 1. The molecule has 1 fully saturated rings. The molecule has 1 heteroatoms. The normalized spacial score (nSPS) is 34.1. The highest BCUT2D eigenvalue weighted by Gasteiger charge is 2.26. The molecule has 1 aliphatic rings. The molecule has 0 heterocycles. The van der Waals surface area contributed by atoms with Gasteiger partial charge in [-0.25, -0.2) is 0 Å². The largest absolute Gasteiger partial charge is 0.303 e.